The van der Waals surface area contributed by atoms with Crippen LogP contribution in [-0.2, 0) is 0 Å². The van der Waals surface area contributed by atoms with Crippen molar-refractivity contribution in [3.8, 4) is 0 Å². The van der Waals surface area contributed by atoms with Gasteiger partial charge in [-0.15, -0.1) is 0 Å². The Bertz CT molecular complexity index is 329. The van der Waals surface area contributed by atoms with Gasteiger partial charge in [0, 0.05) is 24.8 Å². The standard InChI is InChI=1S/C13H20N2/c1-3-11-8-15(9-11)10(2)12-5-4-6-13(14)7-12/h4-7,10-11H,3,8-9,14H2,1-2H3. The van der Waals surface area contributed by atoms with E-state index >= 15 is 0 Å². The number of nitrogen functional groups attached to an aromatic ring is 1. The minimum absolute atomic E-state index is 0.510. The van der Waals surface area contributed by atoms with Gasteiger partial charge in [-0.2, -0.15) is 0 Å². The molecule has 1 saturated heterocycles. The van der Waals surface area contributed by atoms with Crippen LogP contribution in [0.2, 0.25) is 0 Å². The molecule has 1 fully saturated rings. The zero-order valence-electron chi connectivity index (χ0n) is 9.61. The van der Waals surface area contributed by atoms with Gasteiger partial charge in [0.1, 0.15) is 0 Å². The van der Waals surface area contributed by atoms with Crippen molar-refractivity contribution in [2.45, 2.75) is 26.3 Å². The highest BCUT2D eigenvalue weighted by Gasteiger charge is 2.29. The Morgan fingerprint density at radius 1 is 1.47 bits per heavy atom. The van der Waals surface area contributed by atoms with Crippen molar-refractivity contribution in [1.29, 1.82) is 0 Å². The molecule has 2 nitrogen and oxygen atoms in total. The van der Waals surface area contributed by atoms with Gasteiger partial charge in [0.2, 0.25) is 0 Å². The normalized spacial score (nSPS) is 19.9. The highest BCUT2D eigenvalue weighted by atomic mass is 15.2. The third kappa shape index (κ3) is 2.15. The van der Waals surface area contributed by atoms with E-state index in [1.165, 1.54) is 25.1 Å². The van der Waals surface area contributed by atoms with Crippen molar-refractivity contribution in [2.75, 3.05) is 18.8 Å². The molecule has 15 heavy (non-hydrogen) atoms. The minimum Gasteiger partial charge on any atom is -0.399 e. The largest absolute Gasteiger partial charge is 0.399 e. The summed E-state index contributed by atoms with van der Waals surface area (Å²) < 4.78 is 0. The molecular formula is C13H20N2. The van der Waals surface area contributed by atoms with Crippen LogP contribution in [0.4, 0.5) is 5.69 Å². The molecule has 1 atom stereocenters. The Hall–Kier alpha value is -1.02. The van der Waals surface area contributed by atoms with Gasteiger partial charge < -0.3 is 5.73 Å². The zero-order chi connectivity index (χ0) is 10.8. The fourth-order valence-electron chi connectivity index (χ4n) is 2.21. The highest BCUT2D eigenvalue weighted by Crippen LogP contribution is 2.30. The summed E-state index contributed by atoms with van der Waals surface area (Å²) in [5.74, 6) is 0.911. The van der Waals surface area contributed by atoms with E-state index in [1.807, 2.05) is 12.1 Å². The molecule has 0 amide bonds. The van der Waals surface area contributed by atoms with Crippen LogP contribution in [0.15, 0.2) is 24.3 Å². The predicted octanol–water partition coefficient (Wildman–Crippen LogP) is 2.67. The van der Waals surface area contributed by atoms with Gasteiger partial charge in [-0.05, 0) is 30.5 Å². The number of anilines is 1. The van der Waals surface area contributed by atoms with Crippen LogP contribution in [0.5, 0.6) is 0 Å². The number of nitrogens with two attached hydrogens (primary N) is 1. The number of hydrogen-bond donors (Lipinski definition) is 1. The first kappa shape index (κ1) is 10.5. The number of rotatable bonds is 3. The molecule has 2 rings (SSSR count). The molecule has 0 bridgehead atoms. The van der Waals surface area contributed by atoms with Crippen molar-refractivity contribution in [3.63, 3.8) is 0 Å². The van der Waals surface area contributed by atoms with Gasteiger partial charge in [0.15, 0.2) is 0 Å². The summed E-state index contributed by atoms with van der Waals surface area (Å²) in [7, 11) is 0. The Labute approximate surface area is 92.1 Å². The zero-order valence-corrected chi connectivity index (χ0v) is 9.61. The maximum absolute atomic E-state index is 5.79. The lowest BCUT2D eigenvalue weighted by Gasteiger charge is -2.43. The first-order valence-electron chi connectivity index (χ1n) is 5.80. The van der Waals surface area contributed by atoms with Gasteiger partial charge in [-0.25, -0.2) is 0 Å². The molecule has 1 aliphatic rings. The van der Waals surface area contributed by atoms with E-state index in [0.717, 1.165) is 11.6 Å². The summed E-state index contributed by atoms with van der Waals surface area (Å²) in [6.07, 6.45) is 1.31. The summed E-state index contributed by atoms with van der Waals surface area (Å²) in [5, 5.41) is 0. The summed E-state index contributed by atoms with van der Waals surface area (Å²) >= 11 is 0. The number of benzene rings is 1. The lowest BCUT2D eigenvalue weighted by Crippen LogP contribution is -2.47. The smallest absolute Gasteiger partial charge is 0.0320 e. The first-order valence-corrected chi connectivity index (χ1v) is 5.80. The molecule has 2 N–H and O–H groups in total. The van der Waals surface area contributed by atoms with Crippen molar-refractivity contribution in [2.24, 2.45) is 5.92 Å². The van der Waals surface area contributed by atoms with Gasteiger partial charge in [0.25, 0.3) is 0 Å². The summed E-state index contributed by atoms with van der Waals surface area (Å²) in [4.78, 5) is 2.52. The summed E-state index contributed by atoms with van der Waals surface area (Å²) in [6.45, 7) is 7.02. The Morgan fingerprint density at radius 3 is 2.80 bits per heavy atom. The van der Waals surface area contributed by atoms with Crippen LogP contribution in [0.1, 0.15) is 31.9 Å². The average Bonchev–Trinajstić information content (AvgIpc) is 2.16. The summed E-state index contributed by atoms with van der Waals surface area (Å²) in [5.41, 5.74) is 8.00. The molecule has 1 aromatic carbocycles. The Kier molecular flexibility index (Phi) is 2.96. The topological polar surface area (TPSA) is 29.3 Å². The van der Waals surface area contributed by atoms with Crippen molar-refractivity contribution >= 4 is 5.69 Å². The molecule has 2 heteroatoms. The number of nitrogens with zero attached hydrogens (tertiary/aromatic N) is 1. The molecule has 82 valence electrons. The average molecular weight is 204 g/mol. The van der Waals surface area contributed by atoms with Crippen molar-refractivity contribution < 1.29 is 0 Å². The SMILES string of the molecule is CCC1CN(C(C)c2cccc(N)c2)C1. The van der Waals surface area contributed by atoms with Crippen LogP contribution in [0, 0.1) is 5.92 Å². The Morgan fingerprint density at radius 2 is 2.20 bits per heavy atom. The van der Waals surface area contributed by atoms with Gasteiger partial charge >= 0.3 is 0 Å². The molecular weight excluding hydrogens is 184 g/mol. The van der Waals surface area contributed by atoms with Gasteiger partial charge in [-0.3, -0.25) is 4.90 Å². The minimum atomic E-state index is 0.510. The van der Waals surface area contributed by atoms with Crippen LogP contribution in [0.3, 0.4) is 0 Å². The first-order chi connectivity index (χ1) is 7.20. The van der Waals surface area contributed by atoms with E-state index in [2.05, 4.69) is 30.9 Å². The van der Waals surface area contributed by atoms with E-state index in [9.17, 15) is 0 Å². The third-order valence-corrected chi connectivity index (χ3v) is 3.50. The van der Waals surface area contributed by atoms with Crippen molar-refractivity contribution in [3.05, 3.63) is 29.8 Å². The number of hydrogen-bond acceptors (Lipinski definition) is 2. The summed E-state index contributed by atoms with van der Waals surface area (Å²) in [6, 6.07) is 8.75. The number of likely N-dealkylation sites (tertiary alicyclic amines) is 1. The van der Waals surface area contributed by atoms with Gasteiger partial charge in [-0.1, -0.05) is 25.5 Å². The van der Waals surface area contributed by atoms with E-state index < -0.39 is 0 Å². The van der Waals surface area contributed by atoms with Crippen LogP contribution >= 0.6 is 0 Å². The van der Waals surface area contributed by atoms with Crippen LogP contribution in [-0.4, -0.2) is 18.0 Å². The second-order valence-corrected chi connectivity index (χ2v) is 4.57. The molecule has 1 heterocycles. The fourth-order valence-corrected chi connectivity index (χ4v) is 2.21. The maximum atomic E-state index is 5.79. The highest BCUT2D eigenvalue weighted by molar-refractivity contribution is 5.41. The molecule has 0 saturated carbocycles. The van der Waals surface area contributed by atoms with Crippen LogP contribution < -0.4 is 5.73 Å². The van der Waals surface area contributed by atoms with Crippen molar-refractivity contribution in [1.82, 2.24) is 4.90 Å². The van der Waals surface area contributed by atoms with E-state index in [1.54, 1.807) is 0 Å². The quantitative estimate of drug-likeness (QED) is 0.767. The third-order valence-electron chi connectivity index (χ3n) is 3.50. The molecule has 0 aliphatic carbocycles. The molecule has 0 aromatic heterocycles. The molecule has 0 radical (unpaired) electrons. The second kappa shape index (κ2) is 4.23. The van der Waals surface area contributed by atoms with E-state index in [-0.39, 0.29) is 0 Å². The monoisotopic (exact) mass is 204 g/mol. The maximum Gasteiger partial charge on any atom is 0.0320 e. The molecule has 1 aromatic rings. The molecule has 1 unspecified atom stereocenters. The van der Waals surface area contributed by atoms with E-state index in [4.69, 9.17) is 5.73 Å². The lowest BCUT2D eigenvalue weighted by molar-refractivity contribution is 0.0577. The second-order valence-electron chi connectivity index (χ2n) is 4.57. The van der Waals surface area contributed by atoms with Gasteiger partial charge in [0.05, 0.1) is 0 Å². The van der Waals surface area contributed by atoms with Crippen LogP contribution in [0.25, 0.3) is 0 Å². The fraction of sp³-hybridized carbons (Fsp3) is 0.538. The molecule has 0 spiro atoms. The van der Waals surface area contributed by atoms with E-state index in [0.29, 0.717) is 6.04 Å². The molecule has 1 aliphatic heterocycles. The lowest BCUT2D eigenvalue weighted by atomic mass is 9.93. The predicted molar refractivity (Wildman–Crippen MR) is 64.6 cm³/mol. The Balaban J connectivity index is 2.00.